The summed E-state index contributed by atoms with van der Waals surface area (Å²) in [5.41, 5.74) is 5.04. The van der Waals surface area contributed by atoms with Gasteiger partial charge in [0.15, 0.2) is 15.1 Å². The van der Waals surface area contributed by atoms with Gasteiger partial charge in [0.1, 0.15) is 0 Å². The van der Waals surface area contributed by atoms with Crippen LogP contribution in [-0.4, -0.2) is 26.4 Å². The van der Waals surface area contributed by atoms with E-state index in [1.807, 2.05) is 0 Å². The van der Waals surface area contributed by atoms with E-state index in [1.54, 1.807) is 0 Å². The van der Waals surface area contributed by atoms with Crippen molar-refractivity contribution in [2.45, 2.75) is 22.7 Å². The molecule has 0 spiro atoms. The van der Waals surface area contributed by atoms with E-state index < -0.39 is 39.1 Å². The molecule has 0 aromatic heterocycles. The Morgan fingerprint density at radius 3 is 2.21 bits per heavy atom. The fraction of sp³-hybridized carbons (Fsp3) is 0.400. The minimum Gasteiger partial charge on any atom is -0.330 e. The van der Waals surface area contributed by atoms with Gasteiger partial charge in [-0.1, -0.05) is 23.2 Å². The summed E-state index contributed by atoms with van der Waals surface area (Å²) in [6.45, 7) is -0.398. The Labute approximate surface area is 118 Å². The minimum atomic E-state index is -4.90. The predicted molar refractivity (Wildman–Crippen MR) is 67.2 cm³/mol. The molecule has 0 amide bonds. The Morgan fingerprint density at radius 2 is 1.79 bits per heavy atom. The summed E-state index contributed by atoms with van der Waals surface area (Å²) in [5, 5.41) is -2.62. The summed E-state index contributed by atoms with van der Waals surface area (Å²) < 4.78 is 62.2. The van der Waals surface area contributed by atoms with E-state index in [2.05, 4.69) is 0 Å². The lowest BCUT2D eigenvalue weighted by molar-refractivity contribution is -0.131. The fourth-order valence-corrected chi connectivity index (χ4v) is 3.49. The molecule has 0 aliphatic carbocycles. The Bertz CT molecular complexity index is 560. The molecule has 1 aromatic carbocycles. The van der Waals surface area contributed by atoms with Gasteiger partial charge < -0.3 is 5.73 Å². The van der Waals surface area contributed by atoms with Crippen LogP contribution in [0.3, 0.4) is 0 Å². The van der Waals surface area contributed by atoms with E-state index in [1.165, 1.54) is 0 Å². The quantitative estimate of drug-likeness (QED) is 0.919. The van der Waals surface area contributed by atoms with Crippen molar-refractivity contribution in [3.8, 4) is 0 Å². The third-order valence-corrected chi connectivity index (χ3v) is 5.29. The zero-order valence-corrected chi connectivity index (χ0v) is 11.7. The van der Waals surface area contributed by atoms with Gasteiger partial charge in [0.05, 0.1) is 14.9 Å². The molecule has 19 heavy (non-hydrogen) atoms. The van der Waals surface area contributed by atoms with E-state index in [0.717, 1.165) is 18.2 Å². The van der Waals surface area contributed by atoms with Crippen LogP contribution in [0.4, 0.5) is 13.2 Å². The highest BCUT2D eigenvalue weighted by Gasteiger charge is 2.48. The van der Waals surface area contributed by atoms with Gasteiger partial charge >= 0.3 is 6.18 Å². The van der Waals surface area contributed by atoms with Crippen molar-refractivity contribution in [3.05, 3.63) is 28.2 Å². The summed E-state index contributed by atoms with van der Waals surface area (Å²) in [4.78, 5) is -0.530. The van der Waals surface area contributed by atoms with Crippen LogP contribution in [0.2, 0.25) is 10.0 Å². The molecule has 0 radical (unpaired) electrons. The normalized spacial score (nSPS) is 14.4. The molecule has 108 valence electrons. The Morgan fingerprint density at radius 1 is 1.21 bits per heavy atom. The first kappa shape index (κ1) is 16.6. The van der Waals surface area contributed by atoms with Crippen molar-refractivity contribution >= 4 is 33.0 Å². The van der Waals surface area contributed by atoms with Crippen molar-refractivity contribution < 1.29 is 21.6 Å². The van der Waals surface area contributed by atoms with E-state index in [9.17, 15) is 21.6 Å². The lowest BCUT2D eigenvalue weighted by atomic mass is 10.3. The highest BCUT2D eigenvalue weighted by atomic mass is 35.5. The monoisotopic (exact) mass is 335 g/mol. The molecule has 0 saturated heterocycles. The van der Waals surface area contributed by atoms with Crippen LogP contribution < -0.4 is 5.73 Å². The third-order valence-electron chi connectivity index (χ3n) is 2.39. The van der Waals surface area contributed by atoms with E-state index in [-0.39, 0.29) is 10.0 Å². The van der Waals surface area contributed by atoms with Crippen LogP contribution in [0.15, 0.2) is 23.1 Å². The average molecular weight is 336 g/mol. The van der Waals surface area contributed by atoms with Crippen molar-refractivity contribution in [1.82, 2.24) is 0 Å². The van der Waals surface area contributed by atoms with E-state index in [4.69, 9.17) is 28.9 Å². The maximum Gasteiger partial charge on any atom is 0.405 e. The highest BCUT2D eigenvalue weighted by molar-refractivity contribution is 7.92. The first-order valence-electron chi connectivity index (χ1n) is 5.06. The Kier molecular flexibility index (Phi) is 5.11. The zero-order valence-electron chi connectivity index (χ0n) is 9.42. The van der Waals surface area contributed by atoms with Crippen molar-refractivity contribution in [2.24, 2.45) is 5.73 Å². The lowest BCUT2D eigenvalue weighted by Crippen LogP contribution is -2.38. The van der Waals surface area contributed by atoms with Gasteiger partial charge in [0.25, 0.3) is 0 Å². The molecule has 1 unspecified atom stereocenters. The molecule has 0 heterocycles. The van der Waals surface area contributed by atoms with Gasteiger partial charge in [-0.2, -0.15) is 13.2 Å². The SMILES string of the molecule is NCCC(C(F)(F)F)S(=O)(=O)c1ccc(Cl)c(Cl)c1. The predicted octanol–water partition coefficient (Wildman–Crippen LogP) is 3.05. The fourth-order valence-electron chi connectivity index (χ4n) is 1.46. The standard InChI is InChI=1S/C10H10Cl2F3NO2S/c11-7-2-1-6(5-8(7)12)19(17,18)9(3-4-16)10(13,14)15/h1-2,5,9H,3-4,16H2. The number of nitrogens with two attached hydrogens (primary N) is 1. The molecule has 9 heteroatoms. The third kappa shape index (κ3) is 3.75. The molecule has 0 aliphatic rings. The Hall–Kier alpha value is -0.500. The molecule has 0 fully saturated rings. The van der Waals surface area contributed by atoms with Gasteiger partial charge in [0, 0.05) is 0 Å². The molecule has 1 rings (SSSR count). The number of halogens is 5. The summed E-state index contributed by atoms with van der Waals surface area (Å²) in [5.74, 6) is 0. The van der Waals surface area contributed by atoms with Gasteiger partial charge in [-0.15, -0.1) is 0 Å². The number of rotatable bonds is 4. The lowest BCUT2D eigenvalue weighted by Gasteiger charge is -2.20. The Balaban J connectivity index is 3.31. The second-order valence-electron chi connectivity index (χ2n) is 3.73. The molecule has 0 aliphatic heterocycles. The molecule has 1 atom stereocenters. The summed E-state index contributed by atoms with van der Waals surface area (Å²) in [6.07, 6.45) is -5.61. The first-order valence-corrected chi connectivity index (χ1v) is 7.36. The summed E-state index contributed by atoms with van der Waals surface area (Å²) >= 11 is 11.2. The topological polar surface area (TPSA) is 60.2 Å². The molecular weight excluding hydrogens is 326 g/mol. The summed E-state index contributed by atoms with van der Waals surface area (Å²) in [7, 11) is -4.61. The van der Waals surface area contributed by atoms with Gasteiger partial charge in [-0.3, -0.25) is 0 Å². The van der Waals surface area contributed by atoms with Crippen molar-refractivity contribution in [1.29, 1.82) is 0 Å². The van der Waals surface area contributed by atoms with Crippen LogP contribution in [-0.2, 0) is 9.84 Å². The molecule has 2 N–H and O–H groups in total. The maximum absolute atomic E-state index is 12.8. The van der Waals surface area contributed by atoms with Crippen LogP contribution in [0, 0.1) is 0 Å². The molecule has 3 nitrogen and oxygen atoms in total. The second kappa shape index (κ2) is 5.87. The number of benzene rings is 1. The maximum atomic E-state index is 12.8. The molecular formula is C10H10Cl2F3NO2S. The van der Waals surface area contributed by atoms with Crippen molar-refractivity contribution in [2.75, 3.05) is 6.54 Å². The average Bonchev–Trinajstić information content (AvgIpc) is 2.27. The number of sulfone groups is 1. The highest BCUT2D eigenvalue weighted by Crippen LogP contribution is 2.34. The minimum absolute atomic E-state index is 0.0583. The molecule has 0 bridgehead atoms. The smallest absolute Gasteiger partial charge is 0.330 e. The van der Waals surface area contributed by atoms with Gasteiger partial charge in [0.2, 0.25) is 0 Å². The zero-order chi connectivity index (χ0) is 14.8. The number of alkyl halides is 3. The van der Waals surface area contributed by atoms with Crippen LogP contribution >= 0.6 is 23.2 Å². The second-order valence-corrected chi connectivity index (χ2v) is 6.67. The largest absolute Gasteiger partial charge is 0.405 e. The molecule has 1 aromatic rings. The number of hydrogen-bond donors (Lipinski definition) is 1. The van der Waals surface area contributed by atoms with Gasteiger partial charge in [-0.05, 0) is 31.2 Å². The van der Waals surface area contributed by atoms with Crippen LogP contribution in [0.5, 0.6) is 0 Å². The first-order chi connectivity index (χ1) is 8.60. The number of hydrogen-bond acceptors (Lipinski definition) is 3. The van der Waals surface area contributed by atoms with E-state index in [0.29, 0.717) is 0 Å². The van der Waals surface area contributed by atoms with Gasteiger partial charge in [-0.25, -0.2) is 8.42 Å². The summed E-state index contributed by atoms with van der Waals surface area (Å²) in [6, 6.07) is 3.01. The molecule has 0 saturated carbocycles. The van der Waals surface area contributed by atoms with Crippen molar-refractivity contribution in [3.63, 3.8) is 0 Å². The van der Waals surface area contributed by atoms with Crippen LogP contribution in [0.25, 0.3) is 0 Å². The van der Waals surface area contributed by atoms with E-state index >= 15 is 0 Å². The van der Waals surface area contributed by atoms with Crippen LogP contribution in [0.1, 0.15) is 6.42 Å².